The highest BCUT2D eigenvalue weighted by Gasteiger charge is 2.02. The zero-order valence-electron chi connectivity index (χ0n) is 10.3. The maximum atomic E-state index is 10.6. The summed E-state index contributed by atoms with van der Waals surface area (Å²) in [6.45, 7) is 2.10. The smallest absolute Gasteiger partial charge is 0.307 e. The van der Waals surface area contributed by atoms with Crippen molar-refractivity contribution in [3.8, 4) is 0 Å². The molecule has 0 aliphatic heterocycles. The summed E-state index contributed by atoms with van der Waals surface area (Å²) < 4.78 is 0. The second-order valence-corrected chi connectivity index (χ2v) is 4.69. The van der Waals surface area contributed by atoms with Crippen LogP contribution >= 0.6 is 11.8 Å². The lowest BCUT2D eigenvalue weighted by molar-refractivity contribution is -0.135. The van der Waals surface area contributed by atoms with Crippen LogP contribution < -0.4 is 0 Å². The third kappa shape index (κ3) is 4.65. The molecule has 2 nitrogen and oxygen atoms in total. The minimum atomic E-state index is -0.778. The van der Waals surface area contributed by atoms with Gasteiger partial charge < -0.3 is 5.11 Å². The zero-order valence-corrected chi connectivity index (χ0v) is 11.1. The lowest BCUT2D eigenvalue weighted by atomic mass is 10.0. The van der Waals surface area contributed by atoms with Crippen molar-refractivity contribution in [2.45, 2.75) is 31.1 Å². The summed E-state index contributed by atoms with van der Waals surface area (Å²) in [5.74, 6) is -0.778. The second-order valence-electron chi connectivity index (χ2n) is 3.81. The summed E-state index contributed by atoms with van der Waals surface area (Å²) in [5.41, 5.74) is 2.26. The molecule has 0 aliphatic carbocycles. The fraction of sp³-hybridized carbons (Fsp3) is 0.357. The molecule has 1 aromatic rings. The Labute approximate surface area is 107 Å². The van der Waals surface area contributed by atoms with Gasteiger partial charge in [0.2, 0.25) is 0 Å². The van der Waals surface area contributed by atoms with Gasteiger partial charge in [-0.15, -0.1) is 11.8 Å². The fourth-order valence-corrected chi connectivity index (χ4v) is 2.06. The minimum absolute atomic E-state index is 0.0968. The van der Waals surface area contributed by atoms with Gasteiger partial charge in [-0.05, 0) is 35.9 Å². The molecule has 0 aromatic heterocycles. The van der Waals surface area contributed by atoms with E-state index < -0.39 is 5.97 Å². The number of hydrogen-bond acceptors (Lipinski definition) is 2. The van der Waals surface area contributed by atoms with Crippen LogP contribution in [0.2, 0.25) is 0 Å². The minimum Gasteiger partial charge on any atom is -0.481 e. The topological polar surface area (TPSA) is 37.3 Å². The molecular formula is C14H18O2S. The number of carboxylic acid groups (broad SMARTS) is 1. The Morgan fingerprint density at radius 3 is 2.47 bits per heavy atom. The molecule has 0 fully saturated rings. The number of carboxylic acids is 1. The van der Waals surface area contributed by atoms with Crippen LogP contribution in [0.4, 0.5) is 0 Å². The first-order valence-corrected chi connectivity index (χ1v) is 6.95. The van der Waals surface area contributed by atoms with Gasteiger partial charge in [0.25, 0.3) is 0 Å². The first-order chi connectivity index (χ1) is 8.17. The quantitative estimate of drug-likeness (QED) is 0.773. The molecule has 17 heavy (non-hydrogen) atoms. The number of allylic oxidation sites excluding steroid dienone is 1. The van der Waals surface area contributed by atoms with E-state index in [2.05, 4.69) is 31.2 Å². The standard InChI is InChI=1S/C14H18O2S/c1-3-4-11(7-10-14(15)16)12-5-8-13(17-2)9-6-12/h5-9H,3-4,10H2,1-2H3,(H,15,16)/b11-7+. The molecule has 0 spiro atoms. The SMILES string of the molecule is CCC/C(=C\CC(=O)O)c1ccc(SC)cc1. The van der Waals surface area contributed by atoms with Crippen molar-refractivity contribution in [3.05, 3.63) is 35.9 Å². The lowest BCUT2D eigenvalue weighted by Crippen LogP contribution is -1.93. The molecular weight excluding hydrogens is 232 g/mol. The van der Waals surface area contributed by atoms with Gasteiger partial charge in [0.1, 0.15) is 0 Å². The number of rotatable bonds is 6. The summed E-state index contributed by atoms with van der Waals surface area (Å²) in [6, 6.07) is 8.28. The number of aliphatic carboxylic acids is 1. The molecule has 0 unspecified atom stereocenters. The van der Waals surface area contributed by atoms with Crippen LogP contribution in [0.25, 0.3) is 5.57 Å². The Morgan fingerprint density at radius 2 is 2.00 bits per heavy atom. The molecule has 0 heterocycles. The molecule has 0 bridgehead atoms. The Bertz CT molecular complexity index is 393. The molecule has 3 heteroatoms. The van der Waals surface area contributed by atoms with Crippen molar-refractivity contribution in [1.82, 2.24) is 0 Å². The normalized spacial score (nSPS) is 11.5. The van der Waals surface area contributed by atoms with Crippen LogP contribution in [0.1, 0.15) is 31.7 Å². The van der Waals surface area contributed by atoms with Crippen molar-refractivity contribution in [2.24, 2.45) is 0 Å². The average molecular weight is 250 g/mol. The second kappa shape index (κ2) is 7.17. The Kier molecular flexibility index (Phi) is 5.84. The van der Waals surface area contributed by atoms with E-state index in [4.69, 9.17) is 5.11 Å². The molecule has 1 N–H and O–H groups in total. The van der Waals surface area contributed by atoms with Gasteiger partial charge in [-0.2, -0.15) is 0 Å². The van der Waals surface area contributed by atoms with Gasteiger partial charge in [0.15, 0.2) is 0 Å². The van der Waals surface area contributed by atoms with E-state index in [-0.39, 0.29) is 6.42 Å². The summed E-state index contributed by atoms with van der Waals surface area (Å²) in [7, 11) is 0. The van der Waals surface area contributed by atoms with Crippen molar-refractivity contribution in [3.63, 3.8) is 0 Å². The molecule has 0 radical (unpaired) electrons. The van der Waals surface area contributed by atoms with Gasteiger partial charge in [0.05, 0.1) is 6.42 Å². The third-order valence-electron chi connectivity index (χ3n) is 2.50. The lowest BCUT2D eigenvalue weighted by Gasteiger charge is -2.07. The van der Waals surface area contributed by atoms with Gasteiger partial charge in [0, 0.05) is 4.90 Å². The van der Waals surface area contributed by atoms with Gasteiger partial charge >= 0.3 is 5.97 Å². The van der Waals surface area contributed by atoms with Crippen LogP contribution in [-0.4, -0.2) is 17.3 Å². The first-order valence-electron chi connectivity index (χ1n) is 5.72. The highest BCUT2D eigenvalue weighted by atomic mass is 32.2. The van der Waals surface area contributed by atoms with Crippen molar-refractivity contribution in [2.75, 3.05) is 6.26 Å². The monoisotopic (exact) mass is 250 g/mol. The maximum absolute atomic E-state index is 10.6. The molecule has 1 rings (SSSR count). The zero-order chi connectivity index (χ0) is 12.7. The van der Waals surface area contributed by atoms with Gasteiger partial charge in [-0.3, -0.25) is 4.79 Å². The highest BCUT2D eigenvalue weighted by molar-refractivity contribution is 7.98. The van der Waals surface area contributed by atoms with E-state index >= 15 is 0 Å². The average Bonchev–Trinajstić information content (AvgIpc) is 2.34. The van der Waals surface area contributed by atoms with E-state index in [9.17, 15) is 4.79 Å². The Hall–Kier alpha value is -1.22. The van der Waals surface area contributed by atoms with Crippen LogP contribution in [0.15, 0.2) is 35.2 Å². The fourth-order valence-electron chi connectivity index (χ4n) is 1.65. The summed E-state index contributed by atoms with van der Waals surface area (Å²) in [6.07, 6.45) is 5.91. The predicted molar refractivity (Wildman–Crippen MR) is 73.4 cm³/mol. The highest BCUT2D eigenvalue weighted by Crippen LogP contribution is 2.23. The number of thioether (sulfide) groups is 1. The summed E-state index contributed by atoms with van der Waals surface area (Å²) >= 11 is 1.71. The largest absolute Gasteiger partial charge is 0.481 e. The predicted octanol–water partition coefficient (Wildman–Crippen LogP) is 4.07. The van der Waals surface area contributed by atoms with Crippen molar-refractivity contribution in [1.29, 1.82) is 0 Å². The van der Waals surface area contributed by atoms with E-state index in [0.717, 1.165) is 24.0 Å². The maximum Gasteiger partial charge on any atom is 0.307 e. The summed E-state index contributed by atoms with van der Waals surface area (Å²) in [4.78, 5) is 11.8. The first kappa shape index (κ1) is 13.8. The van der Waals surface area contributed by atoms with Gasteiger partial charge in [-0.1, -0.05) is 31.6 Å². The molecule has 1 aromatic carbocycles. The van der Waals surface area contributed by atoms with Crippen molar-refractivity contribution < 1.29 is 9.90 Å². The number of carbonyl (C=O) groups is 1. The summed E-state index contributed by atoms with van der Waals surface area (Å²) in [5, 5.41) is 8.71. The van der Waals surface area contributed by atoms with Crippen LogP contribution in [0, 0.1) is 0 Å². The Balaban J connectivity index is 2.88. The number of benzene rings is 1. The van der Waals surface area contributed by atoms with Crippen molar-refractivity contribution >= 4 is 23.3 Å². The molecule has 0 amide bonds. The van der Waals surface area contributed by atoms with E-state index in [1.807, 2.05) is 12.3 Å². The molecule has 0 aliphatic rings. The van der Waals surface area contributed by atoms with Crippen LogP contribution in [0.3, 0.4) is 0 Å². The van der Waals surface area contributed by atoms with E-state index in [0.29, 0.717) is 0 Å². The van der Waals surface area contributed by atoms with Crippen LogP contribution in [0.5, 0.6) is 0 Å². The van der Waals surface area contributed by atoms with Gasteiger partial charge in [-0.25, -0.2) is 0 Å². The van der Waals surface area contributed by atoms with E-state index in [1.165, 1.54) is 4.90 Å². The molecule has 0 atom stereocenters. The molecule has 92 valence electrons. The number of hydrogen-bond donors (Lipinski definition) is 1. The Morgan fingerprint density at radius 1 is 1.35 bits per heavy atom. The molecule has 0 saturated heterocycles. The third-order valence-corrected chi connectivity index (χ3v) is 3.25. The van der Waals surface area contributed by atoms with E-state index in [1.54, 1.807) is 11.8 Å². The van der Waals surface area contributed by atoms with Crippen LogP contribution in [-0.2, 0) is 4.79 Å². The molecule has 0 saturated carbocycles.